The van der Waals surface area contributed by atoms with E-state index in [1.165, 1.54) is 12.1 Å². The smallest absolute Gasteiger partial charge is 0.419 e. The lowest BCUT2D eigenvalue weighted by Crippen LogP contribution is -2.12. The van der Waals surface area contributed by atoms with E-state index in [4.69, 9.17) is 10.5 Å². The van der Waals surface area contributed by atoms with Gasteiger partial charge in [-0.2, -0.15) is 18.3 Å². The number of aromatic nitrogens is 2. The quantitative estimate of drug-likeness (QED) is 0.923. The Kier molecular flexibility index (Phi) is 4.52. The van der Waals surface area contributed by atoms with E-state index in [2.05, 4.69) is 5.10 Å². The Morgan fingerprint density at radius 3 is 2.62 bits per heavy atom. The third kappa shape index (κ3) is 3.75. The molecule has 1 aromatic heterocycles. The van der Waals surface area contributed by atoms with Crippen LogP contribution in [0.25, 0.3) is 0 Å². The molecule has 0 aliphatic heterocycles. The summed E-state index contributed by atoms with van der Waals surface area (Å²) < 4.78 is 45.9. The van der Waals surface area contributed by atoms with Crippen molar-refractivity contribution in [1.82, 2.24) is 9.78 Å². The fourth-order valence-electron chi connectivity index (χ4n) is 1.96. The first-order chi connectivity index (χ1) is 9.91. The van der Waals surface area contributed by atoms with Crippen molar-refractivity contribution in [2.24, 2.45) is 12.8 Å². The van der Waals surface area contributed by atoms with Crippen LogP contribution in [0.15, 0.2) is 30.5 Å². The van der Waals surface area contributed by atoms with Gasteiger partial charge in [-0.15, -0.1) is 0 Å². The second-order valence-electron chi connectivity index (χ2n) is 4.58. The Labute approximate surface area is 120 Å². The van der Waals surface area contributed by atoms with Gasteiger partial charge in [0.2, 0.25) is 0 Å². The molecule has 1 aromatic carbocycles. The van der Waals surface area contributed by atoms with Crippen LogP contribution in [0.5, 0.6) is 5.75 Å². The van der Waals surface area contributed by atoms with Gasteiger partial charge in [-0.05, 0) is 23.8 Å². The maximum absolute atomic E-state index is 13.0. The lowest BCUT2D eigenvalue weighted by atomic mass is 10.1. The standard InChI is InChI=1S/C14H16F3N3O/c1-20-11(4-6-19-20)5-7-21-13-3-2-10(9-18)8-12(13)14(15,16)17/h2-4,6,8H,5,7,9,18H2,1H3. The van der Waals surface area contributed by atoms with Crippen LogP contribution in [0.1, 0.15) is 16.8 Å². The first-order valence-electron chi connectivity index (χ1n) is 6.41. The molecular weight excluding hydrogens is 283 g/mol. The van der Waals surface area contributed by atoms with E-state index in [0.717, 1.165) is 11.8 Å². The fraction of sp³-hybridized carbons (Fsp3) is 0.357. The predicted molar refractivity (Wildman–Crippen MR) is 71.7 cm³/mol. The summed E-state index contributed by atoms with van der Waals surface area (Å²) in [5, 5.41) is 3.99. The highest BCUT2D eigenvalue weighted by molar-refractivity contribution is 5.39. The Hall–Kier alpha value is -2.02. The van der Waals surface area contributed by atoms with Gasteiger partial charge in [0.25, 0.3) is 0 Å². The fourth-order valence-corrected chi connectivity index (χ4v) is 1.96. The van der Waals surface area contributed by atoms with E-state index in [9.17, 15) is 13.2 Å². The molecule has 0 spiro atoms. The Morgan fingerprint density at radius 2 is 2.05 bits per heavy atom. The number of aryl methyl sites for hydroxylation is 1. The summed E-state index contributed by atoms with van der Waals surface area (Å²) in [6.07, 6.45) is -2.36. The van der Waals surface area contributed by atoms with Crippen LogP contribution in [-0.4, -0.2) is 16.4 Å². The van der Waals surface area contributed by atoms with Crippen molar-refractivity contribution in [3.8, 4) is 5.75 Å². The number of hydrogen-bond acceptors (Lipinski definition) is 3. The molecule has 2 N–H and O–H groups in total. The number of nitrogens with two attached hydrogens (primary N) is 1. The first-order valence-corrected chi connectivity index (χ1v) is 6.41. The molecule has 2 aromatic rings. The predicted octanol–water partition coefficient (Wildman–Crippen LogP) is 2.52. The molecule has 0 bridgehead atoms. The zero-order valence-electron chi connectivity index (χ0n) is 11.5. The van der Waals surface area contributed by atoms with Crippen LogP contribution in [0.4, 0.5) is 13.2 Å². The van der Waals surface area contributed by atoms with Gasteiger partial charge in [-0.3, -0.25) is 4.68 Å². The van der Waals surface area contributed by atoms with Crippen molar-refractivity contribution >= 4 is 0 Å². The lowest BCUT2D eigenvalue weighted by molar-refractivity contribution is -0.139. The van der Waals surface area contributed by atoms with Crippen LogP contribution in [0, 0.1) is 0 Å². The number of ether oxygens (including phenoxy) is 1. The molecule has 114 valence electrons. The second kappa shape index (κ2) is 6.17. The van der Waals surface area contributed by atoms with E-state index in [1.807, 2.05) is 0 Å². The third-order valence-corrected chi connectivity index (χ3v) is 3.12. The monoisotopic (exact) mass is 299 g/mol. The van der Waals surface area contributed by atoms with Crippen molar-refractivity contribution in [2.75, 3.05) is 6.61 Å². The van der Waals surface area contributed by atoms with E-state index >= 15 is 0 Å². The van der Waals surface area contributed by atoms with E-state index in [0.29, 0.717) is 12.0 Å². The molecule has 1 heterocycles. The maximum Gasteiger partial charge on any atom is 0.419 e. The number of benzene rings is 1. The summed E-state index contributed by atoms with van der Waals surface area (Å²) in [5.74, 6) is -0.179. The average molecular weight is 299 g/mol. The van der Waals surface area contributed by atoms with Crippen LogP contribution < -0.4 is 10.5 Å². The van der Waals surface area contributed by atoms with Gasteiger partial charge in [0.05, 0.1) is 12.2 Å². The molecule has 21 heavy (non-hydrogen) atoms. The molecule has 0 unspecified atom stereocenters. The summed E-state index contributed by atoms with van der Waals surface area (Å²) in [4.78, 5) is 0. The van der Waals surface area contributed by atoms with Crippen molar-refractivity contribution in [3.05, 3.63) is 47.3 Å². The van der Waals surface area contributed by atoms with Crippen LogP contribution in [0.3, 0.4) is 0 Å². The van der Waals surface area contributed by atoms with Gasteiger partial charge in [0.1, 0.15) is 5.75 Å². The molecule has 2 rings (SSSR count). The molecule has 0 fully saturated rings. The maximum atomic E-state index is 13.0. The lowest BCUT2D eigenvalue weighted by Gasteiger charge is -2.15. The average Bonchev–Trinajstić information content (AvgIpc) is 2.83. The van der Waals surface area contributed by atoms with Crippen LogP contribution in [0.2, 0.25) is 0 Å². The largest absolute Gasteiger partial charge is 0.493 e. The number of hydrogen-bond donors (Lipinski definition) is 1. The Morgan fingerprint density at radius 1 is 1.29 bits per heavy atom. The molecule has 0 atom stereocenters. The van der Waals surface area contributed by atoms with Gasteiger partial charge in [-0.1, -0.05) is 6.07 Å². The number of alkyl halides is 3. The van der Waals surface area contributed by atoms with E-state index in [1.54, 1.807) is 24.0 Å². The number of nitrogens with zero attached hydrogens (tertiary/aromatic N) is 2. The topological polar surface area (TPSA) is 53.1 Å². The number of rotatable bonds is 5. The SMILES string of the molecule is Cn1nccc1CCOc1ccc(CN)cc1C(F)(F)F. The van der Waals surface area contributed by atoms with Crippen molar-refractivity contribution in [2.45, 2.75) is 19.1 Å². The summed E-state index contributed by atoms with van der Waals surface area (Å²) in [6.45, 7) is 0.197. The van der Waals surface area contributed by atoms with Crippen molar-refractivity contribution in [1.29, 1.82) is 0 Å². The molecule has 7 heteroatoms. The summed E-state index contributed by atoms with van der Waals surface area (Å²) in [5.41, 5.74) is 5.89. The normalized spacial score (nSPS) is 11.7. The minimum atomic E-state index is -4.47. The molecular formula is C14H16F3N3O. The summed E-state index contributed by atoms with van der Waals surface area (Å²) >= 11 is 0. The minimum absolute atomic E-state index is 0.0539. The van der Waals surface area contributed by atoms with Crippen molar-refractivity contribution in [3.63, 3.8) is 0 Å². The Bertz CT molecular complexity index is 608. The van der Waals surface area contributed by atoms with Crippen LogP contribution in [-0.2, 0) is 26.2 Å². The highest BCUT2D eigenvalue weighted by Gasteiger charge is 2.34. The molecule has 0 aliphatic carbocycles. The van der Waals surface area contributed by atoms with Crippen LogP contribution >= 0.6 is 0 Å². The van der Waals surface area contributed by atoms with E-state index in [-0.39, 0.29) is 18.9 Å². The van der Waals surface area contributed by atoms with Gasteiger partial charge >= 0.3 is 6.18 Å². The minimum Gasteiger partial charge on any atom is -0.493 e. The Balaban J connectivity index is 2.10. The highest BCUT2D eigenvalue weighted by atomic mass is 19.4. The third-order valence-electron chi connectivity index (χ3n) is 3.12. The van der Waals surface area contributed by atoms with Gasteiger partial charge in [-0.25, -0.2) is 0 Å². The molecule has 0 radical (unpaired) electrons. The van der Waals surface area contributed by atoms with Gasteiger partial charge in [0.15, 0.2) is 0 Å². The van der Waals surface area contributed by atoms with Crippen molar-refractivity contribution < 1.29 is 17.9 Å². The molecule has 0 saturated heterocycles. The van der Waals surface area contributed by atoms with Gasteiger partial charge in [0, 0.05) is 31.9 Å². The second-order valence-corrected chi connectivity index (χ2v) is 4.58. The number of halogens is 3. The summed E-state index contributed by atoms with van der Waals surface area (Å²) in [7, 11) is 1.77. The molecule has 0 aliphatic rings. The molecule has 0 amide bonds. The van der Waals surface area contributed by atoms with Gasteiger partial charge < -0.3 is 10.5 Å². The highest BCUT2D eigenvalue weighted by Crippen LogP contribution is 2.36. The zero-order valence-corrected chi connectivity index (χ0v) is 11.5. The molecule has 4 nitrogen and oxygen atoms in total. The molecule has 0 saturated carbocycles. The summed E-state index contributed by atoms with van der Waals surface area (Å²) in [6, 6.07) is 5.67. The zero-order chi connectivity index (χ0) is 15.5. The van der Waals surface area contributed by atoms with E-state index < -0.39 is 11.7 Å². The first kappa shape index (κ1) is 15.4.